The molecule has 1 aromatic heterocycles. The highest BCUT2D eigenvalue weighted by atomic mass is 79.9. The molecule has 1 saturated heterocycles. The van der Waals surface area contributed by atoms with Crippen molar-refractivity contribution in [3.05, 3.63) is 50.6 Å². The van der Waals surface area contributed by atoms with Gasteiger partial charge in [0, 0.05) is 34.7 Å². The molecule has 1 aliphatic heterocycles. The minimum absolute atomic E-state index is 0.0139. The summed E-state index contributed by atoms with van der Waals surface area (Å²) in [5.74, 6) is 0.0139. The predicted octanol–water partition coefficient (Wildman–Crippen LogP) is 4.44. The molecule has 1 amide bonds. The van der Waals surface area contributed by atoms with Crippen molar-refractivity contribution < 1.29 is 9.53 Å². The number of anilines is 1. The zero-order chi connectivity index (χ0) is 17.6. The van der Waals surface area contributed by atoms with Gasteiger partial charge in [0.25, 0.3) is 0 Å². The van der Waals surface area contributed by atoms with E-state index in [1.807, 2.05) is 25.1 Å². The molecule has 0 spiro atoms. The summed E-state index contributed by atoms with van der Waals surface area (Å²) in [4.78, 5) is 16.0. The summed E-state index contributed by atoms with van der Waals surface area (Å²) in [6.45, 7) is 4.78. The van der Waals surface area contributed by atoms with Crippen LogP contribution in [-0.2, 0) is 16.1 Å². The van der Waals surface area contributed by atoms with E-state index in [0.717, 1.165) is 48.3 Å². The summed E-state index contributed by atoms with van der Waals surface area (Å²) in [6.07, 6.45) is 2.43. The molecule has 0 bridgehead atoms. The lowest BCUT2D eigenvalue weighted by Crippen LogP contribution is -2.37. The largest absolute Gasteiger partial charge is 0.377 e. The lowest BCUT2D eigenvalue weighted by molar-refractivity contribution is -0.117. The number of thiophene rings is 1. The molecule has 1 N–H and O–H groups in total. The van der Waals surface area contributed by atoms with Crippen molar-refractivity contribution in [1.82, 2.24) is 4.90 Å². The van der Waals surface area contributed by atoms with Crippen LogP contribution < -0.4 is 5.32 Å². The minimum atomic E-state index is 0.0139. The van der Waals surface area contributed by atoms with Gasteiger partial charge in [-0.25, -0.2) is 0 Å². The molecule has 0 radical (unpaired) electrons. The predicted molar refractivity (Wildman–Crippen MR) is 106 cm³/mol. The van der Waals surface area contributed by atoms with Crippen molar-refractivity contribution >= 4 is 38.9 Å². The average molecular weight is 423 g/mol. The molecule has 3 rings (SSSR count). The maximum Gasteiger partial charge on any atom is 0.238 e. The van der Waals surface area contributed by atoms with Crippen LogP contribution in [-0.4, -0.2) is 36.6 Å². The number of benzene rings is 1. The molecular formula is C19H23BrN2O2S. The number of hydrogen-bond donors (Lipinski definition) is 1. The van der Waals surface area contributed by atoms with E-state index in [1.54, 1.807) is 11.3 Å². The summed E-state index contributed by atoms with van der Waals surface area (Å²) in [7, 11) is 0. The first kappa shape index (κ1) is 18.6. The Morgan fingerprint density at radius 1 is 1.44 bits per heavy atom. The molecule has 0 aliphatic carbocycles. The number of halogens is 1. The van der Waals surface area contributed by atoms with E-state index in [1.165, 1.54) is 4.88 Å². The van der Waals surface area contributed by atoms with Crippen LogP contribution in [0.4, 0.5) is 5.69 Å². The number of nitrogens with zero attached hydrogens (tertiary/aromatic N) is 1. The fourth-order valence-electron chi connectivity index (χ4n) is 3.04. The van der Waals surface area contributed by atoms with Crippen LogP contribution in [0.25, 0.3) is 0 Å². The molecule has 25 heavy (non-hydrogen) atoms. The highest BCUT2D eigenvalue weighted by Gasteiger charge is 2.21. The SMILES string of the molecule is Cc1cc(Br)ccc1NC(=O)CN(Cc1cccs1)C[C@H]1CCCO1. The molecule has 1 atom stereocenters. The Labute approximate surface area is 161 Å². The van der Waals surface area contributed by atoms with E-state index < -0.39 is 0 Å². The Hall–Kier alpha value is -1.21. The Balaban J connectivity index is 1.62. The second-order valence-corrected chi connectivity index (χ2v) is 8.34. The normalized spacial score (nSPS) is 17.2. The molecule has 6 heteroatoms. The van der Waals surface area contributed by atoms with E-state index >= 15 is 0 Å². The first-order valence-electron chi connectivity index (χ1n) is 8.52. The van der Waals surface area contributed by atoms with E-state index in [-0.39, 0.29) is 12.0 Å². The maximum absolute atomic E-state index is 12.6. The second-order valence-electron chi connectivity index (χ2n) is 6.39. The van der Waals surface area contributed by atoms with Crippen LogP contribution in [0.1, 0.15) is 23.3 Å². The zero-order valence-corrected chi connectivity index (χ0v) is 16.7. The lowest BCUT2D eigenvalue weighted by atomic mass is 10.2. The number of amides is 1. The molecule has 0 unspecified atom stereocenters. The first-order chi connectivity index (χ1) is 12.1. The molecule has 1 aliphatic rings. The topological polar surface area (TPSA) is 41.6 Å². The third kappa shape index (κ3) is 5.64. The van der Waals surface area contributed by atoms with Gasteiger partial charge in [-0.3, -0.25) is 9.69 Å². The van der Waals surface area contributed by atoms with Gasteiger partial charge in [0.15, 0.2) is 0 Å². The number of hydrogen-bond acceptors (Lipinski definition) is 4. The van der Waals surface area contributed by atoms with Crippen LogP contribution >= 0.6 is 27.3 Å². The lowest BCUT2D eigenvalue weighted by Gasteiger charge is -2.24. The van der Waals surface area contributed by atoms with E-state index in [2.05, 4.69) is 43.7 Å². The van der Waals surface area contributed by atoms with Crippen molar-refractivity contribution in [3.8, 4) is 0 Å². The van der Waals surface area contributed by atoms with E-state index in [9.17, 15) is 4.79 Å². The fraction of sp³-hybridized carbons (Fsp3) is 0.421. The summed E-state index contributed by atoms with van der Waals surface area (Å²) in [6, 6.07) is 10.0. The van der Waals surface area contributed by atoms with Gasteiger partial charge in [0.05, 0.1) is 12.6 Å². The summed E-state index contributed by atoms with van der Waals surface area (Å²) >= 11 is 5.18. The zero-order valence-electron chi connectivity index (χ0n) is 14.3. The Morgan fingerprint density at radius 2 is 2.32 bits per heavy atom. The van der Waals surface area contributed by atoms with Gasteiger partial charge in [-0.05, 0) is 55.0 Å². The van der Waals surface area contributed by atoms with Gasteiger partial charge in [-0.15, -0.1) is 11.3 Å². The Kier molecular flexibility index (Phi) is 6.64. The second kappa shape index (κ2) is 8.94. The molecule has 2 aromatic rings. The Bertz CT molecular complexity index is 699. The number of carbonyl (C=O) groups excluding carboxylic acids is 1. The van der Waals surface area contributed by atoms with Gasteiger partial charge >= 0.3 is 0 Å². The van der Waals surface area contributed by atoms with Crippen molar-refractivity contribution in [2.75, 3.05) is 25.0 Å². The quantitative estimate of drug-likeness (QED) is 0.716. The maximum atomic E-state index is 12.6. The molecular weight excluding hydrogens is 400 g/mol. The molecule has 1 aromatic carbocycles. The van der Waals surface area contributed by atoms with Gasteiger partial charge in [0.2, 0.25) is 5.91 Å². The fourth-order valence-corrected chi connectivity index (χ4v) is 4.27. The van der Waals surface area contributed by atoms with Gasteiger partial charge in [-0.2, -0.15) is 0 Å². The van der Waals surface area contributed by atoms with Crippen molar-refractivity contribution in [2.24, 2.45) is 0 Å². The number of aryl methyl sites for hydroxylation is 1. The summed E-state index contributed by atoms with van der Waals surface area (Å²) in [5, 5.41) is 5.11. The molecule has 4 nitrogen and oxygen atoms in total. The standard InChI is InChI=1S/C19H23BrN2O2S/c1-14-10-15(20)6-7-18(14)21-19(23)13-22(11-16-4-2-8-24-16)12-17-5-3-9-25-17/h3,5-7,9-10,16H,2,4,8,11-13H2,1H3,(H,21,23)/t16-/m1/s1. The summed E-state index contributed by atoms with van der Waals surface area (Å²) in [5.41, 5.74) is 1.91. The van der Waals surface area contributed by atoms with Crippen LogP contribution in [0.3, 0.4) is 0 Å². The number of ether oxygens (including phenoxy) is 1. The van der Waals surface area contributed by atoms with Crippen LogP contribution in [0.5, 0.6) is 0 Å². The Morgan fingerprint density at radius 3 is 3.00 bits per heavy atom. The van der Waals surface area contributed by atoms with Crippen LogP contribution in [0.2, 0.25) is 0 Å². The monoisotopic (exact) mass is 422 g/mol. The van der Waals surface area contributed by atoms with Crippen LogP contribution in [0.15, 0.2) is 40.2 Å². The highest BCUT2D eigenvalue weighted by molar-refractivity contribution is 9.10. The number of rotatable bonds is 7. The third-order valence-electron chi connectivity index (χ3n) is 4.28. The van der Waals surface area contributed by atoms with Gasteiger partial charge in [-0.1, -0.05) is 22.0 Å². The first-order valence-corrected chi connectivity index (χ1v) is 10.2. The van der Waals surface area contributed by atoms with Crippen molar-refractivity contribution in [1.29, 1.82) is 0 Å². The molecule has 2 heterocycles. The van der Waals surface area contributed by atoms with Crippen LogP contribution in [0, 0.1) is 6.92 Å². The average Bonchev–Trinajstić information content (AvgIpc) is 3.24. The summed E-state index contributed by atoms with van der Waals surface area (Å²) < 4.78 is 6.77. The number of carbonyl (C=O) groups is 1. The molecule has 1 fully saturated rings. The van der Waals surface area contributed by atoms with E-state index in [0.29, 0.717) is 6.54 Å². The van der Waals surface area contributed by atoms with E-state index in [4.69, 9.17) is 4.74 Å². The number of nitrogens with one attached hydrogen (secondary N) is 1. The third-order valence-corrected chi connectivity index (χ3v) is 5.63. The highest BCUT2D eigenvalue weighted by Crippen LogP contribution is 2.21. The minimum Gasteiger partial charge on any atom is -0.377 e. The van der Waals surface area contributed by atoms with Crippen molar-refractivity contribution in [3.63, 3.8) is 0 Å². The molecule has 0 saturated carbocycles. The van der Waals surface area contributed by atoms with Gasteiger partial charge < -0.3 is 10.1 Å². The molecule has 134 valence electrons. The van der Waals surface area contributed by atoms with Gasteiger partial charge in [0.1, 0.15) is 0 Å². The smallest absolute Gasteiger partial charge is 0.238 e. The van der Waals surface area contributed by atoms with Crippen molar-refractivity contribution in [2.45, 2.75) is 32.4 Å².